The summed E-state index contributed by atoms with van der Waals surface area (Å²) in [4.78, 5) is 30.5. The van der Waals surface area contributed by atoms with Crippen LogP contribution in [0.5, 0.6) is 0 Å². The van der Waals surface area contributed by atoms with Gasteiger partial charge < -0.3 is 10.3 Å². The Morgan fingerprint density at radius 3 is 2.82 bits per heavy atom. The molecule has 2 aromatic carbocycles. The van der Waals surface area contributed by atoms with Gasteiger partial charge in [-0.15, -0.1) is 0 Å². The molecule has 110 valence electrons. The number of H-pyrrole nitrogens is 1. The molecule has 0 bridgehead atoms. The second-order valence-corrected chi connectivity index (χ2v) is 5.86. The van der Waals surface area contributed by atoms with Gasteiger partial charge in [0.25, 0.3) is 11.5 Å². The number of nitrogens with one attached hydrogen (secondary N) is 2. The van der Waals surface area contributed by atoms with Crippen molar-refractivity contribution in [1.82, 2.24) is 9.97 Å². The minimum atomic E-state index is -0.350. The number of rotatable bonds is 2. The van der Waals surface area contributed by atoms with E-state index in [4.69, 9.17) is 11.6 Å². The fraction of sp³-hybridized carbons (Fsp3) is 0. The van der Waals surface area contributed by atoms with Crippen LogP contribution in [-0.4, -0.2) is 15.9 Å². The normalized spacial score (nSPS) is 10.6. The fourth-order valence-corrected chi connectivity index (χ4v) is 2.78. The summed E-state index contributed by atoms with van der Waals surface area (Å²) in [6, 6.07) is 9.92. The van der Waals surface area contributed by atoms with Gasteiger partial charge in [-0.25, -0.2) is 4.98 Å². The molecule has 0 radical (unpaired) electrons. The zero-order valence-electron chi connectivity index (χ0n) is 11.1. The van der Waals surface area contributed by atoms with Crippen molar-refractivity contribution in [2.45, 2.75) is 0 Å². The number of anilines is 1. The highest BCUT2D eigenvalue weighted by molar-refractivity contribution is 9.10. The van der Waals surface area contributed by atoms with Crippen LogP contribution in [0.15, 0.2) is 52.0 Å². The highest BCUT2D eigenvalue weighted by Crippen LogP contribution is 2.23. The van der Waals surface area contributed by atoms with Crippen LogP contribution in [0.25, 0.3) is 10.9 Å². The van der Waals surface area contributed by atoms with E-state index in [0.29, 0.717) is 27.2 Å². The van der Waals surface area contributed by atoms with Crippen LogP contribution in [0, 0.1) is 0 Å². The maximum absolute atomic E-state index is 12.3. The lowest BCUT2D eigenvalue weighted by Gasteiger charge is -2.07. The van der Waals surface area contributed by atoms with Gasteiger partial charge in [0.15, 0.2) is 0 Å². The first-order valence-corrected chi connectivity index (χ1v) is 7.45. The van der Waals surface area contributed by atoms with Crippen molar-refractivity contribution in [3.63, 3.8) is 0 Å². The Kier molecular flexibility index (Phi) is 3.96. The zero-order valence-corrected chi connectivity index (χ0v) is 13.4. The van der Waals surface area contributed by atoms with Crippen LogP contribution in [0.3, 0.4) is 0 Å². The highest BCUT2D eigenvalue weighted by atomic mass is 79.9. The largest absolute Gasteiger partial charge is 0.322 e. The molecule has 1 heterocycles. The Bertz CT molecular complexity index is 939. The second-order valence-electron chi connectivity index (χ2n) is 4.54. The van der Waals surface area contributed by atoms with Gasteiger partial charge in [0.05, 0.1) is 27.8 Å². The van der Waals surface area contributed by atoms with Crippen LogP contribution in [0.1, 0.15) is 10.4 Å². The second kappa shape index (κ2) is 5.90. The lowest BCUT2D eigenvalue weighted by Crippen LogP contribution is -2.13. The summed E-state index contributed by atoms with van der Waals surface area (Å²) in [5, 5.41) is 3.46. The predicted molar refractivity (Wildman–Crippen MR) is 89.5 cm³/mol. The van der Waals surface area contributed by atoms with E-state index >= 15 is 0 Å². The molecule has 5 nitrogen and oxygen atoms in total. The summed E-state index contributed by atoms with van der Waals surface area (Å²) in [5.41, 5.74) is 1.14. The van der Waals surface area contributed by atoms with Gasteiger partial charge in [0.2, 0.25) is 0 Å². The number of carbonyl (C=O) groups excluding carboxylic acids is 1. The maximum Gasteiger partial charge on any atom is 0.258 e. The Balaban J connectivity index is 1.94. The van der Waals surface area contributed by atoms with Crippen molar-refractivity contribution in [2.24, 2.45) is 0 Å². The molecule has 0 aliphatic heterocycles. The molecule has 22 heavy (non-hydrogen) atoms. The van der Waals surface area contributed by atoms with Gasteiger partial charge in [-0.3, -0.25) is 9.59 Å². The summed E-state index contributed by atoms with van der Waals surface area (Å²) in [6.07, 6.45) is 1.34. The Morgan fingerprint density at radius 1 is 1.23 bits per heavy atom. The summed E-state index contributed by atoms with van der Waals surface area (Å²) < 4.78 is 0.789. The van der Waals surface area contributed by atoms with Gasteiger partial charge in [-0.2, -0.15) is 0 Å². The molecule has 3 rings (SSSR count). The van der Waals surface area contributed by atoms with Crippen molar-refractivity contribution in [3.8, 4) is 0 Å². The van der Waals surface area contributed by atoms with E-state index in [-0.39, 0.29) is 11.5 Å². The molecule has 0 saturated heterocycles. The van der Waals surface area contributed by atoms with Crippen molar-refractivity contribution in [3.05, 3.63) is 68.1 Å². The summed E-state index contributed by atoms with van der Waals surface area (Å²) in [6.45, 7) is 0. The van der Waals surface area contributed by atoms with Crippen molar-refractivity contribution in [1.29, 1.82) is 0 Å². The van der Waals surface area contributed by atoms with E-state index in [0.717, 1.165) is 4.47 Å². The van der Waals surface area contributed by atoms with Gasteiger partial charge in [0, 0.05) is 10.2 Å². The first-order chi connectivity index (χ1) is 10.5. The molecule has 1 aromatic heterocycles. The standard InChI is InChI=1S/C15H9BrClN3O2/c16-8-1-3-10(12(17)5-8)15(22)20-9-2-4-13-11(6-9)14(21)19-7-18-13/h1-7H,(H,20,22)(H,18,19,21). The summed E-state index contributed by atoms with van der Waals surface area (Å²) in [7, 11) is 0. The van der Waals surface area contributed by atoms with Crippen molar-refractivity contribution < 1.29 is 4.79 Å². The first-order valence-electron chi connectivity index (χ1n) is 6.28. The van der Waals surface area contributed by atoms with Gasteiger partial charge >= 0.3 is 0 Å². The number of nitrogens with zero attached hydrogens (tertiary/aromatic N) is 1. The lowest BCUT2D eigenvalue weighted by molar-refractivity contribution is 0.102. The molecule has 0 aliphatic carbocycles. The third-order valence-electron chi connectivity index (χ3n) is 3.07. The average molecular weight is 379 g/mol. The molecular formula is C15H9BrClN3O2. The predicted octanol–water partition coefficient (Wildman–Crippen LogP) is 3.59. The molecule has 7 heteroatoms. The molecule has 0 fully saturated rings. The van der Waals surface area contributed by atoms with Crippen LogP contribution in [0.2, 0.25) is 5.02 Å². The number of amides is 1. The Labute approximate surface area is 138 Å². The van der Waals surface area contributed by atoms with E-state index in [2.05, 4.69) is 31.2 Å². The third-order valence-corrected chi connectivity index (χ3v) is 3.88. The zero-order chi connectivity index (χ0) is 15.7. The average Bonchev–Trinajstić information content (AvgIpc) is 2.48. The molecule has 2 N–H and O–H groups in total. The van der Waals surface area contributed by atoms with E-state index < -0.39 is 0 Å². The topological polar surface area (TPSA) is 74.8 Å². The number of carbonyl (C=O) groups is 1. The number of hydrogen-bond acceptors (Lipinski definition) is 3. The van der Waals surface area contributed by atoms with E-state index in [1.807, 2.05) is 0 Å². The molecule has 3 aromatic rings. The smallest absolute Gasteiger partial charge is 0.258 e. The highest BCUT2D eigenvalue weighted by Gasteiger charge is 2.11. The van der Waals surface area contributed by atoms with Gasteiger partial charge in [-0.1, -0.05) is 27.5 Å². The molecule has 0 aliphatic rings. The first kappa shape index (κ1) is 14.7. The van der Waals surface area contributed by atoms with Crippen LogP contribution in [0.4, 0.5) is 5.69 Å². The SMILES string of the molecule is O=C(Nc1ccc2nc[nH]c(=O)c2c1)c1ccc(Br)cc1Cl. The van der Waals surface area contributed by atoms with Crippen LogP contribution in [-0.2, 0) is 0 Å². The molecule has 1 amide bonds. The molecule has 0 unspecified atom stereocenters. The van der Waals surface area contributed by atoms with Gasteiger partial charge in [0.1, 0.15) is 0 Å². The number of fused-ring (bicyclic) bond motifs is 1. The summed E-state index contributed by atoms with van der Waals surface area (Å²) in [5.74, 6) is -0.350. The quantitative estimate of drug-likeness (QED) is 0.715. The van der Waals surface area contributed by atoms with E-state index in [1.54, 1.807) is 36.4 Å². The Hall–Kier alpha value is -2.18. The van der Waals surface area contributed by atoms with Crippen LogP contribution < -0.4 is 10.9 Å². The summed E-state index contributed by atoms with van der Waals surface area (Å²) >= 11 is 9.34. The number of hydrogen-bond donors (Lipinski definition) is 2. The van der Waals surface area contributed by atoms with E-state index in [9.17, 15) is 9.59 Å². The molecule has 0 spiro atoms. The number of aromatic nitrogens is 2. The minimum Gasteiger partial charge on any atom is -0.322 e. The van der Waals surface area contributed by atoms with Crippen LogP contribution >= 0.6 is 27.5 Å². The Morgan fingerprint density at radius 2 is 2.05 bits per heavy atom. The third kappa shape index (κ3) is 2.88. The monoisotopic (exact) mass is 377 g/mol. The van der Waals surface area contributed by atoms with Crippen molar-refractivity contribution >= 4 is 50.0 Å². The fourth-order valence-electron chi connectivity index (χ4n) is 2.02. The lowest BCUT2D eigenvalue weighted by atomic mass is 10.2. The molecule has 0 atom stereocenters. The van der Waals surface area contributed by atoms with Gasteiger partial charge in [-0.05, 0) is 36.4 Å². The van der Waals surface area contributed by atoms with E-state index in [1.165, 1.54) is 6.33 Å². The number of aromatic amines is 1. The molecular weight excluding hydrogens is 370 g/mol. The van der Waals surface area contributed by atoms with Crippen molar-refractivity contribution in [2.75, 3.05) is 5.32 Å². The number of benzene rings is 2. The maximum atomic E-state index is 12.3. The number of halogens is 2. The molecule has 0 saturated carbocycles. The minimum absolute atomic E-state index is 0.261.